The Hall–Kier alpha value is -2.47. The lowest BCUT2D eigenvalue weighted by molar-refractivity contribution is -0.115. The highest BCUT2D eigenvalue weighted by Gasteiger charge is 2.35. The molecule has 0 saturated carbocycles. The van der Waals surface area contributed by atoms with Crippen LogP contribution in [0.15, 0.2) is 29.2 Å². The average molecular weight is 761 g/mol. The van der Waals surface area contributed by atoms with Crippen molar-refractivity contribution < 1.29 is 29.0 Å². The van der Waals surface area contributed by atoms with Crippen LogP contribution in [0.1, 0.15) is 89.0 Å². The molecular formula is C33H34Cl4N2O6S2. The van der Waals surface area contributed by atoms with Crippen molar-refractivity contribution in [2.45, 2.75) is 70.4 Å². The fourth-order valence-electron chi connectivity index (χ4n) is 5.40. The van der Waals surface area contributed by atoms with Gasteiger partial charge >= 0.3 is 11.9 Å². The number of esters is 1. The molecule has 0 bridgehead atoms. The number of carboxylic acids is 1. The van der Waals surface area contributed by atoms with E-state index in [1.807, 2.05) is 6.92 Å². The Morgan fingerprint density at radius 1 is 1.00 bits per heavy atom. The van der Waals surface area contributed by atoms with Crippen LogP contribution >= 0.6 is 69.5 Å². The number of benzene rings is 2. The van der Waals surface area contributed by atoms with Gasteiger partial charge in [0, 0.05) is 15.5 Å². The highest BCUT2D eigenvalue weighted by Crippen LogP contribution is 2.45. The molecule has 47 heavy (non-hydrogen) atoms. The summed E-state index contributed by atoms with van der Waals surface area (Å²) in [6.45, 7) is 10.5. The van der Waals surface area contributed by atoms with Crippen molar-refractivity contribution in [3.8, 4) is 0 Å². The number of amides is 2. The Bertz CT molecular complexity index is 1740. The maximum absolute atomic E-state index is 13.6. The van der Waals surface area contributed by atoms with E-state index < -0.39 is 39.2 Å². The summed E-state index contributed by atoms with van der Waals surface area (Å²) < 4.78 is 5.39. The van der Waals surface area contributed by atoms with Crippen molar-refractivity contribution in [3.63, 3.8) is 0 Å². The van der Waals surface area contributed by atoms with E-state index >= 15 is 0 Å². The van der Waals surface area contributed by atoms with Gasteiger partial charge in [0.2, 0.25) is 5.91 Å². The molecule has 1 aromatic heterocycles. The number of hydrogen-bond donors (Lipinski definition) is 3. The van der Waals surface area contributed by atoms with Crippen molar-refractivity contribution >= 4 is 104 Å². The molecule has 0 saturated heterocycles. The summed E-state index contributed by atoms with van der Waals surface area (Å²) in [4.78, 5) is 53.7. The van der Waals surface area contributed by atoms with E-state index in [1.165, 1.54) is 23.1 Å². The van der Waals surface area contributed by atoms with Gasteiger partial charge in [-0.05, 0) is 67.7 Å². The van der Waals surface area contributed by atoms with Crippen LogP contribution in [0.25, 0.3) is 0 Å². The number of rotatable bonds is 10. The summed E-state index contributed by atoms with van der Waals surface area (Å²) in [5.41, 5.74) is 0.818. The number of halogens is 4. The highest BCUT2D eigenvalue weighted by molar-refractivity contribution is 8.00. The quantitative estimate of drug-likeness (QED) is 0.0814. The summed E-state index contributed by atoms with van der Waals surface area (Å²) in [7, 11) is 0. The lowest BCUT2D eigenvalue weighted by atomic mass is 9.72. The lowest BCUT2D eigenvalue weighted by Crippen LogP contribution is -2.27. The SMILES string of the molecule is CCOC(=O)c1c(NC(=O)C(CC)Sc2cccc(NC(=O)c3c(Cl)c(Cl)c(Cl)c(Cl)c3C(=O)O)c2)sc2c1CCC(C(C)(C)C)C2. The maximum atomic E-state index is 13.6. The monoisotopic (exact) mass is 758 g/mol. The van der Waals surface area contributed by atoms with E-state index in [0.29, 0.717) is 33.5 Å². The third kappa shape index (κ3) is 8.23. The summed E-state index contributed by atoms with van der Waals surface area (Å²) in [5.74, 6) is -2.62. The number of anilines is 2. The second kappa shape index (κ2) is 15.4. The van der Waals surface area contributed by atoms with Crippen LogP contribution in [-0.4, -0.2) is 40.7 Å². The number of carbonyl (C=O) groups is 4. The van der Waals surface area contributed by atoms with Gasteiger partial charge < -0.3 is 20.5 Å². The summed E-state index contributed by atoms with van der Waals surface area (Å²) in [5, 5.41) is 14.0. The first-order valence-electron chi connectivity index (χ1n) is 14.9. The van der Waals surface area contributed by atoms with Crippen molar-refractivity contribution in [1.29, 1.82) is 0 Å². The molecule has 3 aromatic rings. The molecule has 8 nitrogen and oxygen atoms in total. The van der Waals surface area contributed by atoms with E-state index in [9.17, 15) is 24.3 Å². The van der Waals surface area contributed by atoms with Gasteiger partial charge in [-0.1, -0.05) is 80.2 Å². The van der Waals surface area contributed by atoms with Crippen LogP contribution in [0.3, 0.4) is 0 Å². The molecule has 0 fully saturated rings. The van der Waals surface area contributed by atoms with Crippen molar-refractivity contribution in [2.24, 2.45) is 11.3 Å². The van der Waals surface area contributed by atoms with E-state index in [4.69, 9.17) is 51.1 Å². The maximum Gasteiger partial charge on any atom is 0.341 e. The molecule has 0 spiro atoms. The first kappa shape index (κ1) is 37.4. The van der Waals surface area contributed by atoms with Gasteiger partial charge in [-0.15, -0.1) is 23.1 Å². The van der Waals surface area contributed by atoms with Crippen molar-refractivity contribution in [2.75, 3.05) is 17.2 Å². The molecule has 0 radical (unpaired) electrons. The number of carboxylic acid groups (broad SMARTS) is 1. The summed E-state index contributed by atoms with van der Waals surface area (Å²) in [6, 6.07) is 6.71. The molecule has 252 valence electrons. The molecule has 1 aliphatic rings. The number of aromatic carboxylic acids is 1. The zero-order valence-electron chi connectivity index (χ0n) is 26.3. The number of nitrogens with one attached hydrogen (secondary N) is 2. The Morgan fingerprint density at radius 2 is 1.66 bits per heavy atom. The van der Waals surface area contributed by atoms with E-state index in [1.54, 1.807) is 31.2 Å². The first-order valence-corrected chi connectivity index (χ1v) is 18.1. The fourth-order valence-corrected chi connectivity index (χ4v) is 8.75. The minimum Gasteiger partial charge on any atom is -0.478 e. The van der Waals surface area contributed by atoms with Crippen LogP contribution in [-0.2, 0) is 22.4 Å². The second-order valence-corrected chi connectivity index (χ2v) is 15.9. The number of carbonyl (C=O) groups excluding carboxylic acids is 3. The molecule has 1 heterocycles. The van der Waals surface area contributed by atoms with Gasteiger partial charge in [0.1, 0.15) is 5.00 Å². The minimum atomic E-state index is -1.51. The topological polar surface area (TPSA) is 122 Å². The normalized spacial score (nSPS) is 15.0. The second-order valence-electron chi connectivity index (χ2n) is 12.0. The van der Waals surface area contributed by atoms with Crippen molar-refractivity contribution in [3.05, 3.63) is 71.5 Å². The Balaban J connectivity index is 1.55. The molecule has 0 aliphatic heterocycles. The predicted octanol–water partition coefficient (Wildman–Crippen LogP) is 10.1. The molecule has 2 unspecified atom stereocenters. The number of ether oxygens (including phenoxy) is 1. The van der Waals surface area contributed by atoms with Gasteiger partial charge in [0.25, 0.3) is 5.91 Å². The Morgan fingerprint density at radius 3 is 2.26 bits per heavy atom. The Labute approximate surface area is 301 Å². The largest absolute Gasteiger partial charge is 0.478 e. The lowest BCUT2D eigenvalue weighted by Gasteiger charge is -2.33. The molecule has 3 N–H and O–H groups in total. The molecule has 1 aliphatic carbocycles. The molecular weight excluding hydrogens is 726 g/mol. The number of hydrogen-bond acceptors (Lipinski definition) is 7. The molecule has 2 amide bonds. The van der Waals surface area contributed by atoms with Crippen molar-refractivity contribution in [1.82, 2.24) is 0 Å². The van der Waals surface area contributed by atoms with Gasteiger partial charge in [0.15, 0.2) is 0 Å². The fraction of sp³-hybridized carbons (Fsp3) is 0.394. The average Bonchev–Trinajstić information content (AvgIpc) is 3.37. The zero-order valence-corrected chi connectivity index (χ0v) is 31.0. The number of thioether (sulfide) groups is 1. The van der Waals surface area contributed by atoms with Gasteiger partial charge in [-0.25, -0.2) is 9.59 Å². The van der Waals surface area contributed by atoms with E-state index in [2.05, 4.69) is 31.4 Å². The van der Waals surface area contributed by atoms with Crippen LogP contribution in [0.2, 0.25) is 20.1 Å². The highest BCUT2D eigenvalue weighted by atomic mass is 35.5. The molecule has 2 atom stereocenters. The summed E-state index contributed by atoms with van der Waals surface area (Å²) in [6.07, 6.45) is 3.01. The Kier molecular flexibility index (Phi) is 12.2. The van der Waals surface area contributed by atoms with Crippen LogP contribution in [0.4, 0.5) is 10.7 Å². The van der Waals surface area contributed by atoms with Gasteiger partial charge in [-0.2, -0.15) is 0 Å². The summed E-state index contributed by atoms with van der Waals surface area (Å²) >= 11 is 27.2. The molecule has 2 aromatic carbocycles. The van der Waals surface area contributed by atoms with Crippen LogP contribution < -0.4 is 10.6 Å². The smallest absolute Gasteiger partial charge is 0.341 e. The van der Waals surface area contributed by atoms with Gasteiger partial charge in [0.05, 0.1) is 48.6 Å². The number of thiophene rings is 1. The predicted molar refractivity (Wildman–Crippen MR) is 192 cm³/mol. The van der Waals surface area contributed by atoms with E-state index in [0.717, 1.165) is 29.7 Å². The first-order chi connectivity index (χ1) is 22.1. The van der Waals surface area contributed by atoms with E-state index in [-0.39, 0.29) is 33.0 Å². The van der Waals surface area contributed by atoms with Gasteiger partial charge in [-0.3, -0.25) is 9.59 Å². The zero-order chi connectivity index (χ0) is 34.8. The van der Waals surface area contributed by atoms with Crippen LogP contribution in [0, 0.1) is 11.3 Å². The number of fused-ring (bicyclic) bond motifs is 1. The van der Waals surface area contributed by atoms with Crippen LogP contribution in [0.5, 0.6) is 0 Å². The third-order valence-electron chi connectivity index (χ3n) is 7.95. The minimum absolute atomic E-state index is 0.118. The molecule has 4 rings (SSSR count). The standard InChI is InChI=1S/C33H34Cl4N2O6S2/c1-6-19(28(40)39-30-21(32(44)45-7-2)18-12-11-15(33(3,4)5)13-20(18)47-30)46-17-10-8-9-16(14-17)38-29(41)22-23(31(42)43)25(35)27(37)26(36)24(22)34/h8-10,14-15,19H,6-7,11-13H2,1-5H3,(H,38,41)(H,39,40)(H,42,43). The molecule has 14 heteroatoms. The third-order valence-corrected chi connectivity index (χ3v) is 12.3.